The summed E-state index contributed by atoms with van der Waals surface area (Å²) in [5.41, 5.74) is 2.13. The SMILES string of the molecule is COc1ccc(CN[C@@H](C)c2cccc(Cl)c2)cc1O. The average molecular weight is 292 g/mol. The minimum absolute atomic E-state index is 0.155. The first kappa shape index (κ1) is 14.7. The number of methoxy groups -OCH3 is 1. The number of benzene rings is 2. The molecule has 0 aromatic heterocycles. The molecule has 0 radical (unpaired) electrons. The molecule has 106 valence electrons. The Kier molecular flexibility index (Phi) is 4.88. The molecule has 0 amide bonds. The van der Waals surface area contributed by atoms with Gasteiger partial charge in [0.05, 0.1) is 7.11 Å². The molecule has 0 saturated carbocycles. The maximum Gasteiger partial charge on any atom is 0.160 e. The largest absolute Gasteiger partial charge is 0.504 e. The molecule has 0 saturated heterocycles. The number of halogens is 1. The topological polar surface area (TPSA) is 41.5 Å². The lowest BCUT2D eigenvalue weighted by Crippen LogP contribution is -2.18. The molecule has 0 heterocycles. The maximum atomic E-state index is 9.74. The summed E-state index contributed by atoms with van der Waals surface area (Å²) in [6.45, 7) is 2.74. The summed E-state index contributed by atoms with van der Waals surface area (Å²) in [7, 11) is 1.54. The number of phenols is 1. The molecular formula is C16H18ClNO2. The Balaban J connectivity index is 1.99. The monoisotopic (exact) mass is 291 g/mol. The maximum absolute atomic E-state index is 9.74. The number of phenolic OH excluding ortho intramolecular Hbond substituents is 1. The third-order valence-electron chi connectivity index (χ3n) is 3.20. The zero-order valence-corrected chi connectivity index (χ0v) is 12.3. The van der Waals surface area contributed by atoms with E-state index in [1.807, 2.05) is 30.3 Å². The highest BCUT2D eigenvalue weighted by Gasteiger charge is 2.07. The summed E-state index contributed by atoms with van der Waals surface area (Å²) in [6.07, 6.45) is 0. The Hall–Kier alpha value is -1.71. The van der Waals surface area contributed by atoms with Crippen LogP contribution < -0.4 is 10.1 Å². The lowest BCUT2D eigenvalue weighted by atomic mass is 10.1. The number of hydrogen-bond donors (Lipinski definition) is 2. The fourth-order valence-electron chi connectivity index (χ4n) is 2.01. The van der Waals surface area contributed by atoms with E-state index in [4.69, 9.17) is 16.3 Å². The predicted molar refractivity (Wildman–Crippen MR) is 81.4 cm³/mol. The predicted octanol–water partition coefficient (Wildman–Crippen LogP) is 3.91. The van der Waals surface area contributed by atoms with Crippen molar-refractivity contribution >= 4 is 11.6 Å². The van der Waals surface area contributed by atoms with Crippen LogP contribution in [0.2, 0.25) is 5.02 Å². The Labute approximate surface area is 124 Å². The highest BCUT2D eigenvalue weighted by atomic mass is 35.5. The molecule has 4 heteroatoms. The van der Waals surface area contributed by atoms with E-state index in [0.29, 0.717) is 12.3 Å². The van der Waals surface area contributed by atoms with E-state index in [0.717, 1.165) is 16.1 Å². The van der Waals surface area contributed by atoms with E-state index in [1.54, 1.807) is 12.1 Å². The van der Waals surface area contributed by atoms with Gasteiger partial charge in [0.15, 0.2) is 11.5 Å². The molecule has 0 bridgehead atoms. The van der Waals surface area contributed by atoms with Crippen LogP contribution in [0.4, 0.5) is 0 Å². The minimum Gasteiger partial charge on any atom is -0.504 e. The van der Waals surface area contributed by atoms with Crippen molar-refractivity contribution in [2.45, 2.75) is 19.5 Å². The Bertz CT molecular complexity index is 586. The summed E-state index contributed by atoms with van der Waals surface area (Å²) in [4.78, 5) is 0. The minimum atomic E-state index is 0.155. The van der Waals surface area contributed by atoms with Crippen molar-refractivity contribution in [1.29, 1.82) is 0 Å². The third-order valence-corrected chi connectivity index (χ3v) is 3.44. The van der Waals surface area contributed by atoms with Gasteiger partial charge in [0.2, 0.25) is 0 Å². The quantitative estimate of drug-likeness (QED) is 0.878. The number of nitrogens with one attached hydrogen (secondary N) is 1. The van der Waals surface area contributed by atoms with Crippen molar-refractivity contribution in [1.82, 2.24) is 5.32 Å². The second-order valence-corrected chi connectivity index (χ2v) is 5.10. The second kappa shape index (κ2) is 6.64. The van der Waals surface area contributed by atoms with E-state index in [1.165, 1.54) is 7.11 Å². The molecule has 2 aromatic rings. The van der Waals surface area contributed by atoms with Crippen molar-refractivity contribution in [3.8, 4) is 11.5 Å². The lowest BCUT2D eigenvalue weighted by molar-refractivity contribution is 0.373. The third kappa shape index (κ3) is 3.65. The van der Waals surface area contributed by atoms with Crippen LogP contribution in [-0.2, 0) is 6.54 Å². The standard InChI is InChI=1S/C16H18ClNO2/c1-11(13-4-3-5-14(17)9-13)18-10-12-6-7-16(20-2)15(19)8-12/h3-9,11,18-19H,10H2,1-2H3/t11-/m0/s1. The molecule has 0 unspecified atom stereocenters. The van der Waals surface area contributed by atoms with Gasteiger partial charge in [0, 0.05) is 17.6 Å². The van der Waals surface area contributed by atoms with Gasteiger partial charge in [0.25, 0.3) is 0 Å². The summed E-state index contributed by atoms with van der Waals surface area (Å²) in [5, 5.41) is 13.9. The first-order valence-electron chi connectivity index (χ1n) is 6.45. The fourth-order valence-corrected chi connectivity index (χ4v) is 2.21. The Morgan fingerprint density at radius 3 is 2.70 bits per heavy atom. The highest BCUT2D eigenvalue weighted by Crippen LogP contribution is 2.26. The number of aromatic hydroxyl groups is 1. The van der Waals surface area contributed by atoms with Gasteiger partial charge in [-0.2, -0.15) is 0 Å². The number of hydrogen-bond acceptors (Lipinski definition) is 3. The van der Waals surface area contributed by atoms with E-state index in [2.05, 4.69) is 12.2 Å². The van der Waals surface area contributed by atoms with Crippen LogP contribution in [0.1, 0.15) is 24.1 Å². The van der Waals surface area contributed by atoms with Gasteiger partial charge < -0.3 is 15.2 Å². The average Bonchev–Trinajstić information content (AvgIpc) is 2.45. The van der Waals surface area contributed by atoms with Crippen molar-refractivity contribution in [2.24, 2.45) is 0 Å². The van der Waals surface area contributed by atoms with Crippen molar-refractivity contribution in [3.63, 3.8) is 0 Å². The van der Waals surface area contributed by atoms with Crippen LogP contribution in [0.25, 0.3) is 0 Å². The number of rotatable bonds is 5. The summed E-state index contributed by atoms with van der Waals surface area (Å²) in [5.74, 6) is 0.638. The fraction of sp³-hybridized carbons (Fsp3) is 0.250. The van der Waals surface area contributed by atoms with Crippen LogP contribution >= 0.6 is 11.6 Å². The van der Waals surface area contributed by atoms with Crippen LogP contribution in [-0.4, -0.2) is 12.2 Å². The summed E-state index contributed by atoms with van der Waals surface area (Å²) in [6, 6.07) is 13.4. The Morgan fingerprint density at radius 2 is 2.05 bits per heavy atom. The molecule has 1 atom stereocenters. The molecular weight excluding hydrogens is 274 g/mol. The molecule has 0 aliphatic rings. The van der Waals surface area contributed by atoms with Crippen LogP contribution in [0.5, 0.6) is 11.5 Å². The molecule has 2 aromatic carbocycles. The zero-order valence-electron chi connectivity index (χ0n) is 11.6. The number of ether oxygens (including phenoxy) is 1. The summed E-state index contributed by atoms with van der Waals surface area (Å²) < 4.78 is 5.02. The van der Waals surface area contributed by atoms with E-state index < -0.39 is 0 Å². The van der Waals surface area contributed by atoms with Crippen LogP contribution in [0.15, 0.2) is 42.5 Å². The van der Waals surface area contributed by atoms with Gasteiger partial charge in [-0.25, -0.2) is 0 Å². The van der Waals surface area contributed by atoms with E-state index in [9.17, 15) is 5.11 Å². The van der Waals surface area contributed by atoms with Crippen LogP contribution in [0.3, 0.4) is 0 Å². The zero-order chi connectivity index (χ0) is 14.5. The van der Waals surface area contributed by atoms with Crippen molar-refractivity contribution < 1.29 is 9.84 Å². The van der Waals surface area contributed by atoms with Gasteiger partial charge in [-0.05, 0) is 42.3 Å². The lowest BCUT2D eigenvalue weighted by Gasteiger charge is -2.15. The molecule has 0 aliphatic carbocycles. The van der Waals surface area contributed by atoms with E-state index >= 15 is 0 Å². The summed E-state index contributed by atoms with van der Waals surface area (Å²) >= 11 is 5.99. The van der Waals surface area contributed by atoms with Gasteiger partial charge in [-0.15, -0.1) is 0 Å². The van der Waals surface area contributed by atoms with Crippen LogP contribution in [0, 0.1) is 0 Å². The van der Waals surface area contributed by atoms with Gasteiger partial charge in [0.1, 0.15) is 0 Å². The Morgan fingerprint density at radius 1 is 1.25 bits per heavy atom. The molecule has 20 heavy (non-hydrogen) atoms. The molecule has 2 rings (SSSR count). The van der Waals surface area contributed by atoms with Gasteiger partial charge >= 0.3 is 0 Å². The first-order valence-corrected chi connectivity index (χ1v) is 6.82. The highest BCUT2D eigenvalue weighted by molar-refractivity contribution is 6.30. The molecule has 2 N–H and O–H groups in total. The van der Waals surface area contributed by atoms with Crippen molar-refractivity contribution in [3.05, 3.63) is 58.6 Å². The molecule has 0 spiro atoms. The first-order chi connectivity index (χ1) is 9.60. The smallest absolute Gasteiger partial charge is 0.160 e. The molecule has 0 fully saturated rings. The van der Waals surface area contributed by atoms with Gasteiger partial charge in [-0.3, -0.25) is 0 Å². The molecule has 3 nitrogen and oxygen atoms in total. The molecule has 0 aliphatic heterocycles. The van der Waals surface area contributed by atoms with Crippen molar-refractivity contribution in [2.75, 3.05) is 7.11 Å². The normalized spacial score (nSPS) is 12.2. The van der Waals surface area contributed by atoms with E-state index in [-0.39, 0.29) is 11.8 Å². The second-order valence-electron chi connectivity index (χ2n) is 4.66. The van der Waals surface area contributed by atoms with Gasteiger partial charge in [-0.1, -0.05) is 29.8 Å².